The number of nitrogens with zero attached hydrogens (tertiary/aromatic N) is 1. The molecule has 0 bridgehead atoms. The largest absolute Gasteiger partial charge is 0.497 e. The summed E-state index contributed by atoms with van der Waals surface area (Å²) in [5.41, 5.74) is 1.33. The highest BCUT2D eigenvalue weighted by Crippen LogP contribution is 2.34. The number of carbonyl (C=O) groups is 1. The number of hydroxylamine groups is 1. The molecule has 1 saturated heterocycles. The second kappa shape index (κ2) is 7.36. The van der Waals surface area contributed by atoms with E-state index in [2.05, 4.69) is 0 Å². The van der Waals surface area contributed by atoms with Crippen LogP contribution in [0.3, 0.4) is 0 Å². The predicted octanol–water partition coefficient (Wildman–Crippen LogP) is -0.872. The van der Waals surface area contributed by atoms with Gasteiger partial charge in [0.2, 0.25) is 10.0 Å². The predicted molar refractivity (Wildman–Crippen MR) is 94.5 cm³/mol. The number of aliphatic hydroxyl groups excluding tert-OH is 1. The Labute approximate surface area is 157 Å². The average Bonchev–Trinajstić information content (AvgIpc) is 2.66. The van der Waals surface area contributed by atoms with Crippen molar-refractivity contribution in [2.45, 2.75) is 35.6 Å². The molecule has 12 heteroatoms. The minimum atomic E-state index is -4.39. The van der Waals surface area contributed by atoms with E-state index in [1.807, 2.05) is 0 Å². The van der Waals surface area contributed by atoms with Crippen LogP contribution in [0.2, 0.25) is 0 Å². The van der Waals surface area contributed by atoms with E-state index in [9.17, 15) is 26.7 Å². The van der Waals surface area contributed by atoms with Gasteiger partial charge in [-0.3, -0.25) is 10.0 Å². The van der Waals surface area contributed by atoms with Crippen molar-refractivity contribution >= 4 is 25.8 Å². The number of carbonyl (C=O) groups excluding carboxylic acids is 1. The first-order valence-corrected chi connectivity index (χ1v) is 11.0. The van der Waals surface area contributed by atoms with Gasteiger partial charge < -0.3 is 9.84 Å². The summed E-state index contributed by atoms with van der Waals surface area (Å²) in [6.07, 6.45) is -1.54. The third-order valence-electron chi connectivity index (χ3n) is 4.58. The summed E-state index contributed by atoms with van der Waals surface area (Å²) >= 11 is 0. The molecule has 0 saturated carbocycles. The Morgan fingerprint density at radius 3 is 2.33 bits per heavy atom. The maximum Gasteiger partial charge on any atom is 0.263 e. The minimum absolute atomic E-state index is 0.221. The van der Waals surface area contributed by atoms with Crippen LogP contribution in [-0.2, 0) is 24.7 Å². The molecule has 0 spiro atoms. The van der Waals surface area contributed by atoms with Gasteiger partial charge in [0.15, 0.2) is 9.84 Å². The molecule has 1 aliphatic rings. The van der Waals surface area contributed by atoms with Crippen molar-refractivity contribution in [3.8, 4) is 5.75 Å². The van der Waals surface area contributed by atoms with E-state index in [4.69, 9.17) is 9.94 Å². The maximum absolute atomic E-state index is 13.1. The number of hydrogen-bond acceptors (Lipinski definition) is 8. The van der Waals surface area contributed by atoms with Gasteiger partial charge >= 0.3 is 0 Å². The lowest BCUT2D eigenvalue weighted by atomic mass is 10.0. The number of nitrogens with one attached hydrogen (secondary N) is 1. The number of methoxy groups -OCH3 is 1. The van der Waals surface area contributed by atoms with Gasteiger partial charge in [-0.15, -0.1) is 0 Å². The molecule has 2 rings (SSSR count). The number of benzene rings is 1. The van der Waals surface area contributed by atoms with Crippen molar-refractivity contribution in [1.82, 2.24) is 9.79 Å². The number of sulfonamides is 1. The van der Waals surface area contributed by atoms with Crippen molar-refractivity contribution in [1.29, 1.82) is 0 Å². The Balaban J connectivity index is 2.66. The second-order valence-corrected chi connectivity index (χ2v) is 11.2. The fraction of sp³-hybridized carbons (Fsp3) is 0.533. The molecule has 152 valence electrons. The highest BCUT2D eigenvalue weighted by atomic mass is 32.2. The lowest BCUT2D eigenvalue weighted by molar-refractivity contribution is -0.134. The summed E-state index contributed by atoms with van der Waals surface area (Å²) in [6, 6.07) is 3.47. The van der Waals surface area contributed by atoms with Crippen LogP contribution in [0.1, 0.15) is 13.8 Å². The number of amides is 1. The summed E-state index contributed by atoms with van der Waals surface area (Å²) in [5.74, 6) is -1.53. The molecule has 1 aromatic rings. The van der Waals surface area contributed by atoms with E-state index in [0.717, 1.165) is 0 Å². The summed E-state index contributed by atoms with van der Waals surface area (Å²) in [5, 5.41) is 19.2. The third kappa shape index (κ3) is 3.80. The monoisotopic (exact) mass is 422 g/mol. The molecule has 1 amide bonds. The van der Waals surface area contributed by atoms with Gasteiger partial charge in [0.25, 0.3) is 5.91 Å². The van der Waals surface area contributed by atoms with Gasteiger partial charge in [-0.05, 0) is 38.1 Å². The van der Waals surface area contributed by atoms with Crippen LogP contribution in [0.25, 0.3) is 0 Å². The zero-order valence-electron chi connectivity index (χ0n) is 15.0. The van der Waals surface area contributed by atoms with Crippen LogP contribution in [0.15, 0.2) is 29.2 Å². The molecular weight excluding hydrogens is 400 g/mol. The zero-order chi connectivity index (χ0) is 20.6. The summed E-state index contributed by atoms with van der Waals surface area (Å²) < 4.78 is 55.1. The molecule has 10 nitrogen and oxygen atoms in total. The molecule has 0 radical (unpaired) electrons. The Morgan fingerprint density at radius 2 is 1.85 bits per heavy atom. The first kappa shape index (κ1) is 21.6. The number of ether oxygens (including phenoxy) is 1. The fourth-order valence-corrected chi connectivity index (χ4v) is 6.42. The molecule has 0 aliphatic carbocycles. The third-order valence-corrected chi connectivity index (χ3v) is 9.07. The van der Waals surface area contributed by atoms with Crippen LogP contribution < -0.4 is 10.2 Å². The minimum Gasteiger partial charge on any atom is -0.497 e. The van der Waals surface area contributed by atoms with E-state index < -0.39 is 55.0 Å². The molecule has 27 heavy (non-hydrogen) atoms. The van der Waals surface area contributed by atoms with Crippen molar-refractivity contribution in [2.24, 2.45) is 0 Å². The van der Waals surface area contributed by atoms with Crippen LogP contribution in [-0.4, -0.2) is 73.7 Å². The first-order valence-electron chi connectivity index (χ1n) is 7.88. The summed E-state index contributed by atoms with van der Waals surface area (Å²) in [7, 11) is -7.07. The molecule has 1 aliphatic heterocycles. The van der Waals surface area contributed by atoms with Gasteiger partial charge in [0.1, 0.15) is 11.8 Å². The van der Waals surface area contributed by atoms with Crippen molar-refractivity contribution in [3.05, 3.63) is 24.3 Å². The fourth-order valence-electron chi connectivity index (χ4n) is 2.98. The normalized spacial score (nSPS) is 25.4. The number of aliphatic hydroxyl groups is 1. The van der Waals surface area contributed by atoms with Gasteiger partial charge in [-0.25, -0.2) is 22.3 Å². The number of β-amino-alcohol motifs (C(OH)–C–C–N with tert-alkyl or cyclic N) is 1. The molecule has 2 atom stereocenters. The molecule has 3 N–H and O–H groups in total. The Kier molecular flexibility index (Phi) is 5.88. The van der Waals surface area contributed by atoms with Gasteiger partial charge in [0, 0.05) is 6.54 Å². The van der Waals surface area contributed by atoms with Crippen LogP contribution in [0.4, 0.5) is 0 Å². The smallest absolute Gasteiger partial charge is 0.263 e. The summed E-state index contributed by atoms with van der Waals surface area (Å²) in [6.45, 7) is 1.72. The molecule has 1 aromatic carbocycles. The van der Waals surface area contributed by atoms with Crippen LogP contribution >= 0.6 is 0 Å². The van der Waals surface area contributed by atoms with E-state index in [1.165, 1.54) is 50.7 Å². The Hall–Kier alpha value is -1.73. The van der Waals surface area contributed by atoms with E-state index in [0.29, 0.717) is 10.1 Å². The second-order valence-electron chi connectivity index (χ2n) is 6.67. The highest BCUT2D eigenvalue weighted by molar-refractivity contribution is 7.93. The standard InChI is InChI=1S/C15H22N2O8S2/c1-15(2)13(14(19)16-20)17(8-10(18)9-26(15,21)22)27(23,24)12-6-4-11(25-3)5-7-12/h4-7,10,13,18,20H,8-9H2,1-3H3,(H,16,19)/t10?,13-/m0/s1. The van der Waals surface area contributed by atoms with E-state index in [1.54, 1.807) is 0 Å². The molecule has 1 heterocycles. The molecule has 1 fully saturated rings. The van der Waals surface area contributed by atoms with Crippen molar-refractivity contribution in [3.63, 3.8) is 0 Å². The van der Waals surface area contributed by atoms with Gasteiger partial charge in [-0.2, -0.15) is 4.31 Å². The van der Waals surface area contributed by atoms with Crippen LogP contribution in [0.5, 0.6) is 5.75 Å². The number of rotatable bonds is 4. The molecular formula is C15H22N2O8S2. The van der Waals surface area contributed by atoms with Gasteiger partial charge in [0.05, 0.1) is 28.6 Å². The van der Waals surface area contributed by atoms with Crippen molar-refractivity contribution < 1.29 is 36.7 Å². The maximum atomic E-state index is 13.1. The first-order chi connectivity index (χ1) is 12.4. The number of sulfone groups is 1. The Bertz CT molecular complexity index is 910. The summed E-state index contributed by atoms with van der Waals surface area (Å²) in [4.78, 5) is 12.1. The lowest BCUT2D eigenvalue weighted by Gasteiger charge is -2.36. The highest BCUT2D eigenvalue weighted by Gasteiger charge is 2.55. The lowest BCUT2D eigenvalue weighted by Crippen LogP contribution is -2.60. The number of hydrogen-bond donors (Lipinski definition) is 3. The topological polar surface area (TPSA) is 150 Å². The SMILES string of the molecule is COc1ccc(S(=O)(=O)N2CC(O)CS(=O)(=O)C(C)(C)[C@@H]2C(=O)NO)cc1. The van der Waals surface area contributed by atoms with Crippen LogP contribution in [0, 0.1) is 0 Å². The van der Waals surface area contributed by atoms with E-state index >= 15 is 0 Å². The molecule has 1 unspecified atom stereocenters. The quantitative estimate of drug-likeness (QED) is 0.418. The molecule has 0 aromatic heterocycles. The van der Waals surface area contributed by atoms with Crippen molar-refractivity contribution in [2.75, 3.05) is 19.4 Å². The zero-order valence-corrected chi connectivity index (χ0v) is 16.6. The average molecular weight is 422 g/mol. The Morgan fingerprint density at radius 1 is 1.30 bits per heavy atom. The van der Waals surface area contributed by atoms with E-state index in [-0.39, 0.29) is 4.90 Å². The van der Waals surface area contributed by atoms with Gasteiger partial charge in [-0.1, -0.05) is 0 Å².